The summed E-state index contributed by atoms with van der Waals surface area (Å²) in [7, 11) is 0. The summed E-state index contributed by atoms with van der Waals surface area (Å²) in [6.45, 7) is 5.65. The molecule has 7 nitrogen and oxygen atoms in total. The first kappa shape index (κ1) is 14.9. The molecule has 1 atom stereocenters. The number of aliphatic hydroxyl groups excluding tert-OH is 1. The molecule has 0 bridgehead atoms. The lowest BCUT2D eigenvalue weighted by Crippen LogP contribution is -2.50. The van der Waals surface area contributed by atoms with Gasteiger partial charge >= 0.3 is 0 Å². The number of aromatic nitrogens is 3. The predicted octanol–water partition coefficient (Wildman–Crippen LogP) is 0.258. The third kappa shape index (κ3) is 3.10. The van der Waals surface area contributed by atoms with E-state index in [-0.39, 0.29) is 12.0 Å². The van der Waals surface area contributed by atoms with Crippen molar-refractivity contribution in [2.45, 2.75) is 19.4 Å². The van der Waals surface area contributed by atoms with E-state index >= 15 is 0 Å². The molecule has 118 valence electrons. The Hall–Kier alpha value is -1.99. The average Bonchev–Trinajstić information content (AvgIpc) is 3.02. The largest absolute Gasteiger partial charge is 0.392 e. The normalized spacial score (nSPS) is 17.8. The van der Waals surface area contributed by atoms with E-state index < -0.39 is 0 Å². The lowest BCUT2D eigenvalue weighted by atomic mass is 10.2. The molecule has 0 unspecified atom stereocenters. The van der Waals surface area contributed by atoms with E-state index in [1.165, 1.54) is 0 Å². The Morgan fingerprint density at radius 2 is 2.09 bits per heavy atom. The quantitative estimate of drug-likeness (QED) is 0.877. The van der Waals surface area contributed by atoms with Crippen LogP contribution in [0.3, 0.4) is 0 Å². The fourth-order valence-electron chi connectivity index (χ4n) is 2.70. The van der Waals surface area contributed by atoms with Crippen LogP contribution < -0.4 is 0 Å². The van der Waals surface area contributed by atoms with Crippen molar-refractivity contribution < 1.29 is 9.90 Å². The van der Waals surface area contributed by atoms with E-state index in [1.54, 1.807) is 29.1 Å². The number of carbonyl (C=O) groups is 1. The van der Waals surface area contributed by atoms with E-state index in [4.69, 9.17) is 0 Å². The van der Waals surface area contributed by atoms with Gasteiger partial charge in [-0.2, -0.15) is 0 Å². The van der Waals surface area contributed by atoms with Crippen molar-refractivity contribution >= 4 is 11.6 Å². The van der Waals surface area contributed by atoms with Crippen LogP contribution in [0.15, 0.2) is 24.7 Å². The molecule has 0 aromatic carbocycles. The average molecular weight is 303 g/mol. The second kappa shape index (κ2) is 6.41. The molecule has 7 heteroatoms. The molecular weight excluding hydrogens is 282 g/mol. The standard InChI is InChI=1S/C15H21N5O2/c1-2-13(21)10-18-5-7-19(8-6-18)15(22)12-3-4-14-17-16-11-20(14)9-12/h3-4,9,11,13,21H,2,5-8,10H2,1H3/t13-/m1/s1. The molecule has 1 N–H and O–H groups in total. The monoisotopic (exact) mass is 303 g/mol. The maximum atomic E-state index is 12.6. The molecular formula is C15H21N5O2. The van der Waals surface area contributed by atoms with E-state index in [0.29, 0.717) is 25.2 Å². The minimum absolute atomic E-state index is 0.0336. The van der Waals surface area contributed by atoms with E-state index in [9.17, 15) is 9.90 Å². The molecule has 0 aliphatic carbocycles. The summed E-state index contributed by atoms with van der Waals surface area (Å²) >= 11 is 0. The number of aliphatic hydroxyl groups is 1. The van der Waals surface area contributed by atoms with Crippen LogP contribution in [0.4, 0.5) is 0 Å². The zero-order chi connectivity index (χ0) is 15.5. The third-order valence-corrected chi connectivity index (χ3v) is 4.14. The Kier molecular flexibility index (Phi) is 4.35. The Morgan fingerprint density at radius 1 is 1.32 bits per heavy atom. The maximum absolute atomic E-state index is 12.6. The van der Waals surface area contributed by atoms with Crippen LogP contribution >= 0.6 is 0 Å². The molecule has 0 saturated carbocycles. The Balaban J connectivity index is 1.61. The van der Waals surface area contributed by atoms with Gasteiger partial charge in [-0.25, -0.2) is 0 Å². The van der Waals surface area contributed by atoms with Crippen molar-refractivity contribution in [3.63, 3.8) is 0 Å². The highest BCUT2D eigenvalue weighted by molar-refractivity contribution is 5.94. The number of fused-ring (bicyclic) bond motifs is 1. The van der Waals surface area contributed by atoms with Crippen LogP contribution in [0.5, 0.6) is 0 Å². The van der Waals surface area contributed by atoms with Gasteiger partial charge in [0.1, 0.15) is 6.33 Å². The van der Waals surface area contributed by atoms with Gasteiger partial charge in [0, 0.05) is 38.9 Å². The molecule has 1 saturated heterocycles. The second-order valence-corrected chi connectivity index (χ2v) is 5.67. The van der Waals surface area contributed by atoms with Crippen molar-refractivity contribution in [3.8, 4) is 0 Å². The van der Waals surface area contributed by atoms with E-state index in [2.05, 4.69) is 15.1 Å². The molecule has 22 heavy (non-hydrogen) atoms. The zero-order valence-corrected chi connectivity index (χ0v) is 12.7. The molecule has 3 rings (SSSR count). The minimum atomic E-state index is -0.279. The molecule has 1 aliphatic rings. The topological polar surface area (TPSA) is 74.0 Å². The van der Waals surface area contributed by atoms with Gasteiger partial charge in [0.05, 0.1) is 11.7 Å². The fourth-order valence-corrected chi connectivity index (χ4v) is 2.70. The van der Waals surface area contributed by atoms with Crippen molar-refractivity contribution in [2.24, 2.45) is 0 Å². The lowest BCUT2D eigenvalue weighted by Gasteiger charge is -2.35. The third-order valence-electron chi connectivity index (χ3n) is 4.14. The first-order valence-electron chi connectivity index (χ1n) is 7.66. The van der Waals surface area contributed by atoms with Crippen LogP contribution in [0, 0.1) is 0 Å². The molecule has 0 spiro atoms. The van der Waals surface area contributed by atoms with Crippen molar-refractivity contribution in [3.05, 3.63) is 30.2 Å². The number of carbonyl (C=O) groups excluding carboxylic acids is 1. The van der Waals surface area contributed by atoms with Crippen molar-refractivity contribution in [2.75, 3.05) is 32.7 Å². The summed E-state index contributed by atoms with van der Waals surface area (Å²) in [5.74, 6) is 0.0336. The first-order valence-corrected chi connectivity index (χ1v) is 7.66. The maximum Gasteiger partial charge on any atom is 0.255 e. The molecule has 3 heterocycles. The van der Waals surface area contributed by atoms with Crippen LogP contribution in [-0.4, -0.2) is 74.2 Å². The van der Waals surface area contributed by atoms with E-state index in [1.807, 2.05) is 11.8 Å². The van der Waals surface area contributed by atoms with Crippen LogP contribution in [0.1, 0.15) is 23.7 Å². The summed E-state index contributed by atoms with van der Waals surface area (Å²) in [5.41, 5.74) is 1.38. The van der Waals surface area contributed by atoms with E-state index in [0.717, 1.165) is 25.2 Å². The Bertz CT molecular complexity index is 648. The van der Waals surface area contributed by atoms with Crippen molar-refractivity contribution in [1.29, 1.82) is 0 Å². The number of amides is 1. The highest BCUT2D eigenvalue weighted by Crippen LogP contribution is 2.11. The highest BCUT2D eigenvalue weighted by Gasteiger charge is 2.23. The van der Waals surface area contributed by atoms with Crippen LogP contribution in [0.25, 0.3) is 5.65 Å². The molecule has 2 aromatic heterocycles. The Labute approximate surface area is 129 Å². The molecule has 0 radical (unpaired) electrons. The van der Waals surface area contributed by atoms with Gasteiger partial charge < -0.3 is 10.0 Å². The number of piperazine rings is 1. The smallest absolute Gasteiger partial charge is 0.255 e. The fraction of sp³-hybridized carbons (Fsp3) is 0.533. The van der Waals surface area contributed by atoms with Crippen molar-refractivity contribution in [1.82, 2.24) is 24.4 Å². The van der Waals surface area contributed by atoms with Gasteiger partial charge in [0.15, 0.2) is 5.65 Å². The van der Waals surface area contributed by atoms with Crippen LogP contribution in [-0.2, 0) is 0 Å². The first-order chi connectivity index (χ1) is 10.7. The SMILES string of the molecule is CC[C@@H](O)CN1CCN(C(=O)c2ccc3nncn3c2)CC1. The summed E-state index contributed by atoms with van der Waals surface area (Å²) in [6, 6.07) is 3.59. The number of nitrogens with zero attached hydrogens (tertiary/aromatic N) is 5. The van der Waals surface area contributed by atoms with Gasteiger partial charge in [-0.1, -0.05) is 6.92 Å². The van der Waals surface area contributed by atoms with Gasteiger partial charge in [-0.3, -0.25) is 14.1 Å². The number of rotatable bonds is 4. The predicted molar refractivity (Wildman–Crippen MR) is 81.6 cm³/mol. The molecule has 1 fully saturated rings. The van der Waals surface area contributed by atoms with Gasteiger partial charge in [-0.05, 0) is 18.6 Å². The Morgan fingerprint density at radius 3 is 2.82 bits per heavy atom. The summed E-state index contributed by atoms with van der Waals surface area (Å²) < 4.78 is 1.75. The summed E-state index contributed by atoms with van der Waals surface area (Å²) in [6.07, 6.45) is 3.84. The number of pyridine rings is 1. The van der Waals surface area contributed by atoms with Gasteiger partial charge in [0.25, 0.3) is 5.91 Å². The molecule has 1 aliphatic heterocycles. The number of β-amino-alcohol motifs (C(OH)–C–C–N with tert-alkyl or cyclic N) is 1. The zero-order valence-electron chi connectivity index (χ0n) is 12.7. The van der Waals surface area contributed by atoms with Gasteiger partial charge in [-0.15, -0.1) is 10.2 Å². The number of hydrogen-bond acceptors (Lipinski definition) is 5. The second-order valence-electron chi connectivity index (χ2n) is 5.67. The van der Waals surface area contributed by atoms with Gasteiger partial charge in [0.2, 0.25) is 0 Å². The lowest BCUT2D eigenvalue weighted by molar-refractivity contribution is 0.0523. The molecule has 2 aromatic rings. The minimum Gasteiger partial charge on any atom is -0.392 e. The summed E-state index contributed by atoms with van der Waals surface area (Å²) in [4.78, 5) is 16.6. The molecule has 1 amide bonds. The highest BCUT2D eigenvalue weighted by atomic mass is 16.3. The number of hydrogen-bond donors (Lipinski definition) is 1. The summed E-state index contributed by atoms with van der Waals surface area (Å²) in [5, 5.41) is 17.5. The van der Waals surface area contributed by atoms with Crippen LogP contribution in [0.2, 0.25) is 0 Å².